The predicted molar refractivity (Wildman–Crippen MR) is 73.5 cm³/mol. The van der Waals surface area contributed by atoms with Crippen LogP contribution in [0.1, 0.15) is 24.8 Å². The van der Waals surface area contributed by atoms with Gasteiger partial charge in [-0.05, 0) is 56.9 Å². The summed E-state index contributed by atoms with van der Waals surface area (Å²) in [5.74, 6) is 0.836. The van der Waals surface area contributed by atoms with E-state index in [0.29, 0.717) is 17.1 Å². The zero-order chi connectivity index (χ0) is 13.7. The van der Waals surface area contributed by atoms with E-state index in [9.17, 15) is 4.39 Å². The van der Waals surface area contributed by atoms with Crippen LogP contribution in [0.4, 0.5) is 4.39 Å². The van der Waals surface area contributed by atoms with Crippen molar-refractivity contribution >= 4 is 0 Å². The molecule has 1 heterocycles. The molecule has 0 bridgehead atoms. The van der Waals surface area contributed by atoms with Gasteiger partial charge in [-0.15, -0.1) is 0 Å². The second-order valence-electron chi connectivity index (χ2n) is 4.95. The molecule has 0 N–H and O–H groups in total. The van der Waals surface area contributed by atoms with Crippen LogP contribution in [0, 0.1) is 5.82 Å². The van der Waals surface area contributed by atoms with E-state index >= 15 is 0 Å². The molecule has 0 unspecified atom stereocenters. The molecule has 0 spiro atoms. The third-order valence-electron chi connectivity index (χ3n) is 3.67. The van der Waals surface area contributed by atoms with Crippen molar-refractivity contribution in [3.63, 3.8) is 0 Å². The minimum Gasteiger partial charge on any atom is -0.493 e. The third kappa shape index (κ3) is 3.60. The Morgan fingerprint density at radius 2 is 1.74 bits per heavy atom. The van der Waals surface area contributed by atoms with Crippen molar-refractivity contribution in [1.29, 1.82) is 0 Å². The Morgan fingerprint density at radius 3 is 2.37 bits per heavy atom. The van der Waals surface area contributed by atoms with E-state index in [2.05, 4.69) is 4.90 Å². The highest BCUT2D eigenvalue weighted by molar-refractivity contribution is 5.43. The van der Waals surface area contributed by atoms with Crippen LogP contribution in [-0.2, 0) is 6.42 Å². The van der Waals surface area contributed by atoms with Gasteiger partial charge in [0.15, 0.2) is 11.5 Å². The number of likely N-dealkylation sites (tertiary alicyclic amines) is 1. The van der Waals surface area contributed by atoms with Crippen LogP contribution in [-0.4, -0.2) is 38.8 Å². The largest absolute Gasteiger partial charge is 0.493 e. The van der Waals surface area contributed by atoms with Crippen molar-refractivity contribution in [2.45, 2.75) is 25.7 Å². The molecular weight excluding hydrogens is 245 g/mol. The molecule has 1 aliphatic rings. The summed E-state index contributed by atoms with van der Waals surface area (Å²) in [6, 6.07) is 3.15. The first kappa shape index (κ1) is 14.1. The van der Waals surface area contributed by atoms with Gasteiger partial charge in [-0.3, -0.25) is 0 Å². The van der Waals surface area contributed by atoms with Crippen LogP contribution in [0.5, 0.6) is 11.5 Å². The Morgan fingerprint density at radius 1 is 1.11 bits per heavy atom. The maximum Gasteiger partial charge on any atom is 0.163 e. The summed E-state index contributed by atoms with van der Waals surface area (Å²) in [7, 11) is 3.09. The number of benzene rings is 1. The average molecular weight is 267 g/mol. The molecule has 1 aromatic rings. The molecule has 4 heteroatoms. The van der Waals surface area contributed by atoms with Crippen LogP contribution in [0.2, 0.25) is 0 Å². The van der Waals surface area contributed by atoms with Gasteiger partial charge in [0.25, 0.3) is 0 Å². The molecule has 3 nitrogen and oxygen atoms in total. The van der Waals surface area contributed by atoms with Gasteiger partial charge in [0.2, 0.25) is 0 Å². The lowest BCUT2D eigenvalue weighted by molar-refractivity contribution is 0.332. The summed E-state index contributed by atoms with van der Waals surface area (Å²) < 4.78 is 24.2. The van der Waals surface area contributed by atoms with Crippen LogP contribution in [0.15, 0.2) is 12.1 Å². The van der Waals surface area contributed by atoms with Crippen molar-refractivity contribution in [3.8, 4) is 11.5 Å². The van der Waals surface area contributed by atoms with Gasteiger partial charge in [-0.2, -0.15) is 0 Å². The van der Waals surface area contributed by atoms with Crippen molar-refractivity contribution in [3.05, 3.63) is 23.5 Å². The van der Waals surface area contributed by atoms with E-state index in [1.807, 2.05) is 0 Å². The number of methoxy groups -OCH3 is 2. The average Bonchev–Trinajstić information content (AvgIpc) is 2.93. The van der Waals surface area contributed by atoms with Gasteiger partial charge in [-0.1, -0.05) is 0 Å². The Kier molecular flexibility index (Phi) is 5.02. The Hall–Kier alpha value is -1.29. The molecule has 19 heavy (non-hydrogen) atoms. The minimum absolute atomic E-state index is 0.209. The fourth-order valence-corrected chi connectivity index (χ4v) is 2.59. The molecule has 0 atom stereocenters. The molecule has 0 aliphatic carbocycles. The van der Waals surface area contributed by atoms with Crippen LogP contribution >= 0.6 is 0 Å². The second kappa shape index (κ2) is 6.75. The summed E-state index contributed by atoms with van der Waals surface area (Å²) in [5.41, 5.74) is 0.705. The summed E-state index contributed by atoms with van der Waals surface area (Å²) in [6.07, 6.45) is 4.31. The monoisotopic (exact) mass is 267 g/mol. The number of ether oxygens (including phenoxy) is 2. The van der Waals surface area contributed by atoms with Crippen molar-refractivity contribution in [2.24, 2.45) is 0 Å². The molecule has 1 fully saturated rings. The van der Waals surface area contributed by atoms with E-state index in [4.69, 9.17) is 9.47 Å². The predicted octanol–water partition coefficient (Wildman–Crippen LogP) is 2.87. The summed E-state index contributed by atoms with van der Waals surface area (Å²) in [5, 5.41) is 0. The molecular formula is C15H22FNO2. The molecule has 1 aromatic carbocycles. The van der Waals surface area contributed by atoms with E-state index in [-0.39, 0.29) is 5.82 Å². The lowest BCUT2D eigenvalue weighted by Crippen LogP contribution is -2.20. The quantitative estimate of drug-likeness (QED) is 0.791. The maximum atomic E-state index is 13.9. The molecule has 2 rings (SSSR count). The number of hydrogen-bond acceptors (Lipinski definition) is 3. The fourth-order valence-electron chi connectivity index (χ4n) is 2.59. The zero-order valence-electron chi connectivity index (χ0n) is 11.7. The Balaban J connectivity index is 1.95. The third-order valence-corrected chi connectivity index (χ3v) is 3.67. The zero-order valence-corrected chi connectivity index (χ0v) is 11.7. The number of hydrogen-bond donors (Lipinski definition) is 0. The lowest BCUT2D eigenvalue weighted by atomic mass is 10.1. The highest BCUT2D eigenvalue weighted by Crippen LogP contribution is 2.30. The van der Waals surface area contributed by atoms with Crippen LogP contribution in [0.3, 0.4) is 0 Å². The van der Waals surface area contributed by atoms with Crippen molar-refractivity contribution < 1.29 is 13.9 Å². The van der Waals surface area contributed by atoms with E-state index in [0.717, 1.165) is 19.4 Å². The molecule has 0 amide bonds. The molecule has 0 radical (unpaired) electrons. The first-order chi connectivity index (χ1) is 9.24. The molecule has 1 saturated heterocycles. The molecule has 0 aromatic heterocycles. The number of halogens is 1. The van der Waals surface area contributed by atoms with Crippen LogP contribution < -0.4 is 9.47 Å². The van der Waals surface area contributed by atoms with Gasteiger partial charge in [0, 0.05) is 6.07 Å². The van der Waals surface area contributed by atoms with Gasteiger partial charge < -0.3 is 14.4 Å². The maximum absolute atomic E-state index is 13.9. The minimum atomic E-state index is -0.209. The molecule has 1 aliphatic heterocycles. The highest BCUT2D eigenvalue weighted by Gasteiger charge is 2.13. The first-order valence-electron chi connectivity index (χ1n) is 6.87. The van der Waals surface area contributed by atoms with Gasteiger partial charge in [-0.25, -0.2) is 4.39 Å². The number of aryl methyl sites for hydroxylation is 1. The fraction of sp³-hybridized carbons (Fsp3) is 0.600. The van der Waals surface area contributed by atoms with Gasteiger partial charge >= 0.3 is 0 Å². The normalized spacial score (nSPS) is 15.7. The summed E-state index contributed by atoms with van der Waals surface area (Å²) >= 11 is 0. The highest BCUT2D eigenvalue weighted by atomic mass is 19.1. The summed E-state index contributed by atoms with van der Waals surface area (Å²) in [6.45, 7) is 3.43. The summed E-state index contributed by atoms with van der Waals surface area (Å²) in [4.78, 5) is 2.44. The van der Waals surface area contributed by atoms with Crippen LogP contribution in [0.25, 0.3) is 0 Å². The first-order valence-corrected chi connectivity index (χ1v) is 6.87. The van der Waals surface area contributed by atoms with E-state index in [1.165, 1.54) is 39.1 Å². The van der Waals surface area contributed by atoms with Crippen molar-refractivity contribution in [2.75, 3.05) is 33.9 Å². The standard InChI is InChI=1S/C15H22FNO2/c1-18-14-10-12(13(16)11-15(14)19-2)6-5-9-17-7-3-4-8-17/h10-11H,3-9H2,1-2H3. The smallest absolute Gasteiger partial charge is 0.163 e. The van der Waals surface area contributed by atoms with Gasteiger partial charge in [0.1, 0.15) is 5.82 Å². The SMILES string of the molecule is COc1cc(F)c(CCCN2CCCC2)cc1OC. The number of rotatable bonds is 6. The second-order valence-corrected chi connectivity index (χ2v) is 4.95. The Labute approximate surface area is 114 Å². The molecule has 0 saturated carbocycles. The van der Waals surface area contributed by atoms with Gasteiger partial charge in [0.05, 0.1) is 14.2 Å². The number of nitrogens with zero attached hydrogens (tertiary/aromatic N) is 1. The topological polar surface area (TPSA) is 21.7 Å². The molecule has 106 valence electrons. The lowest BCUT2D eigenvalue weighted by Gasteiger charge is -2.15. The Bertz CT molecular complexity index is 417. The van der Waals surface area contributed by atoms with E-state index < -0.39 is 0 Å². The van der Waals surface area contributed by atoms with Crippen molar-refractivity contribution in [1.82, 2.24) is 4.90 Å². The van der Waals surface area contributed by atoms with E-state index in [1.54, 1.807) is 13.2 Å².